The van der Waals surface area contributed by atoms with Crippen molar-refractivity contribution in [2.75, 3.05) is 26.2 Å². The Morgan fingerprint density at radius 2 is 0.714 bits per heavy atom. The van der Waals surface area contributed by atoms with Crippen molar-refractivity contribution in [1.82, 2.24) is 0 Å². The third-order valence-electron chi connectivity index (χ3n) is 2.90. The molecule has 0 unspecified atom stereocenters. The average molecular weight is 442 g/mol. The van der Waals surface area contributed by atoms with E-state index in [0.717, 1.165) is 0 Å². The van der Waals surface area contributed by atoms with Gasteiger partial charge in [0.2, 0.25) is 0 Å². The Labute approximate surface area is 151 Å². The second-order valence-electron chi connectivity index (χ2n) is 5.41. The smallest absolute Gasteiger partial charge is 0.430 e. The molecule has 0 saturated carbocycles. The van der Waals surface area contributed by atoms with Crippen LogP contribution >= 0.6 is 0 Å². The van der Waals surface area contributed by atoms with Crippen molar-refractivity contribution in [2.24, 2.45) is 0 Å². The van der Waals surface area contributed by atoms with Crippen LogP contribution < -0.4 is 10.2 Å². The van der Waals surface area contributed by atoms with Crippen molar-refractivity contribution in [3.8, 4) is 0 Å². The SMILES string of the molecule is F[N+]1(F)CCCC1.F[N+]1(F)CCCC1.O=C([O-])C(F)(F)F.O=C([O-])C(F)(F)F. The van der Waals surface area contributed by atoms with Gasteiger partial charge in [0.1, 0.15) is 11.9 Å². The maximum Gasteiger partial charge on any atom is 0.430 e. The zero-order valence-electron chi connectivity index (χ0n) is 14.0. The highest BCUT2D eigenvalue weighted by molar-refractivity contribution is 5.71. The van der Waals surface area contributed by atoms with Crippen LogP contribution in [0.5, 0.6) is 0 Å². The molecule has 28 heavy (non-hydrogen) atoms. The van der Waals surface area contributed by atoms with Gasteiger partial charge in [-0.1, -0.05) is 0 Å². The molecule has 0 spiro atoms. The molecule has 168 valence electrons. The summed E-state index contributed by atoms with van der Waals surface area (Å²) >= 11 is 0. The number of nitrogens with zero attached hydrogens (tertiary/aromatic N) is 2. The number of hydrogen-bond donors (Lipinski definition) is 0. The third kappa shape index (κ3) is 16.3. The molecule has 0 bridgehead atoms. The molecule has 0 radical (unpaired) electrons. The maximum absolute atomic E-state index is 11.9. The van der Waals surface area contributed by atoms with Gasteiger partial charge in [-0.3, -0.25) is 0 Å². The van der Waals surface area contributed by atoms with Crippen molar-refractivity contribution in [1.29, 1.82) is 0 Å². The van der Waals surface area contributed by atoms with Gasteiger partial charge >= 0.3 is 12.4 Å². The average Bonchev–Trinajstić information content (AvgIpc) is 3.06. The Kier molecular flexibility index (Phi) is 11.4. The first-order valence-corrected chi connectivity index (χ1v) is 7.39. The second kappa shape index (κ2) is 11.2. The van der Waals surface area contributed by atoms with Crippen LogP contribution in [0.4, 0.5) is 44.3 Å². The number of hydrogen-bond acceptors (Lipinski definition) is 4. The molecule has 0 N–H and O–H groups in total. The lowest BCUT2D eigenvalue weighted by Gasteiger charge is -2.03. The van der Waals surface area contributed by atoms with Crippen molar-refractivity contribution in [2.45, 2.75) is 38.0 Å². The van der Waals surface area contributed by atoms with Crippen LogP contribution in [0, 0.1) is 0 Å². The van der Waals surface area contributed by atoms with Gasteiger partial charge in [-0.05, 0) is 0 Å². The van der Waals surface area contributed by atoms with Gasteiger partial charge in [0.15, 0.2) is 26.2 Å². The summed E-state index contributed by atoms with van der Waals surface area (Å²) in [5.74, 6) is -6.01. The molecule has 0 aromatic rings. The fraction of sp³-hybridized carbons (Fsp3) is 0.833. The number of carboxylic acids is 2. The minimum absolute atomic E-state index is 0.0556. The van der Waals surface area contributed by atoms with E-state index in [1.807, 2.05) is 0 Å². The maximum atomic E-state index is 11.9. The van der Waals surface area contributed by atoms with E-state index in [2.05, 4.69) is 0 Å². The molecule has 0 aromatic heterocycles. The zero-order chi connectivity index (χ0) is 22.8. The Morgan fingerprint density at radius 3 is 0.750 bits per heavy atom. The van der Waals surface area contributed by atoms with Crippen LogP contribution in [0.25, 0.3) is 0 Å². The topological polar surface area (TPSA) is 80.3 Å². The minimum atomic E-state index is -5.19. The van der Waals surface area contributed by atoms with Crippen molar-refractivity contribution >= 4 is 11.9 Å². The fourth-order valence-electron chi connectivity index (χ4n) is 1.60. The normalized spacial score (nSPS) is 19.8. The summed E-state index contributed by atoms with van der Waals surface area (Å²) in [4.78, 5) is 14.1. The molecule has 0 aromatic carbocycles. The molecule has 2 heterocycles. The van der Waals surface area contributed by atoms with Crippen LogP contribution in [0.15, 0.2) is 0 Å². The molecule has 2 aliphatic heterocycles. The number of halogens is 10. The van der Waals surface area contributed by atoms with Crippen molar-refractivity contribution in [3.05, 3.63) is 0 Å². The van der Waals surface area contributed by atoms with E-state index >= 15 is 0 Å². The first kappa shape index (κ1) is 28.4. The van der Waals surface area contributed by atoms with E-state index in [1.165, 1.54) is 0 Å². The Bertz CT molecular complexity index is 434. The molecule has 6 nitrogen and oxygen atoms in total. The van der Waals surface area contributed by atoms with E-state index in [1.54, 1.807) is 0 Å². The number of rotatable bonds is 0. The number of carbonyl (C=O) groups excluding carboxylic acids is 2. The summed E-state index contributed by atoms with van der Waals surface area (Å²) in [6.07, 6.45) is -7.64. The Hall–Kier alpha value is -1.84. The largest absolute Gasteiger partial charge is 0.542 e. The fourth-order valence-corrected chi connectivity index (χ4v) is 1.60. The van der Waals surface area contributed by atoms with Crippen LogP contribution in [0.3, 0.4) is 0 Å². The molecular weight excluding hydrogens is 426 g/mol. The Morgan fingerprint density at radius 1 is 0.571 bits per heavy atom. The van der Waals surface area contributed by atoms with Gasteiger partial charge in [0.05, 0.1) is 9.85 Å². The number of carbonyl (C=O) groups is 2. The first-order chi connectivity index (χ1) is 12.3. The van der Waals surface area contributed by atoms with Crippen LogP contribution in [-0.2, 0) is 9.59 Å². The van der Waals surface area contributed by atoms with Gasteiger partial charge in [0, 0.05) is 43.6 Å². The molecule has 2 aliphatic rings. The molecule has 0 aliphatic carbocycles. The van der Waals surface area contributed by atoms with E-state index in [9.17, 15) is 44.3 Å². The summed E-state index contributed by atoms with van der Waals surface area (Å²) in [5.41, 5.74) is 0. The van der Waals surface area contributed by atoms with Crippen molar-refractivity contribution in [3.63, 3.8) is 0 Å². The van der Waals surface area contributed by atoms with E-state index in [4.69, 9.17) is 19.8 Å². The number of quaternary nitrogens is 2. The highest BCUT2D eigenvalue weighted by Crippen LogP contribution is 2.20. The predicted octanol–water partition coefficient (Wildman–Crippen LogP) is 1.33. The standard InChI is InChI=1S/2C4H8F2N.2C2HF3O2/c2*5-7(6)3-1-2-4-7;2*3-2(4,5)1(6)7/h2*1-4H2;2*(H,6,7)/q2*+1;;/p-2. The highest BCUT2D eigenvalue weighted by atomic mass is 19.4. The van der Waals surface area contributed by atoms with Gasteiger partial charge in [-0.15, -0.1) is 0 Å². The van der Waals surface area contributed by atoms with Crippen LogP contribution in [0.2, 0.25) is 0 Å². The van der Waals surface area contributed by atoms with Gasteiger partial charge in [-0.2, -0.15) is 26.3 Å². The third-order valence-corrected chi connectivity index (χ3v) is 2.90. The van der Waals surface area contributed by atoms with Crippen molar-refractivity contribution < 1.29 is 73.9 Å². The van der Waals surface area contributed by atoms with Crippen LogP contribution in [-0.4, -0.2) is 60.3 Å². The quantitative estimate of drug-likeness (QED) is 0.419. The minimum Gasteiger partial charge on any atom is -0.542 e. The number of aliphatic carboxylic acids is 2. The van der Waals surface area contributed by atoms with E-state index < -0.39 is 34.1 Å². The van der Waals surface area contributed by atoms with E-state index in [-0.39, 0.29) is 26.2 Å². The second-order valence-corrected chi connectivity index (χ2v) is 5.41. The summed E-state index contributed by atoms with van der Waals surface area (Å²) in [7, 11) is 0. The molecule has 2 rings (SSSR count). The van der Waals surface area contributed by atoms with E-state index in [0.29, 0.717) is 25.7 Å². The lowest BCUT2D eigenvalue weighted by molar-refractivity contribution is -1.16. The molecule has 0 atom stereocenters. The summed E-state index contributed by atoms with van der Waals surface area (Å²) in [5, 5.41) is 17.6. The molecule has 16 heteroatoms. The zero-order valence-corrected chi connectivity index (χ0v) is 14.0. The molecule has 0 amide bonds. The van der Waals surface area contributed by atoms with Crippen LogP contribution in [0.1, 0.15) is 25.7 Å². The number of alkyl halides is 6. The first-order valence-electron chi connectivity index (χ1n) is 7.39. The summed E-state index contributed by atoms with van der Waals surface area (Å²) in [6.45, 7) is 0.222. The summed E-state index contributed by atoms with van der Waals surface area (Å²) < 4.78 is 111. The van der Waals surface area contributed by atoms with Gasteiger partial charge in [0.25, 0.3) is 0 Å². The monoisotopic (exact) mass is 442 g/mol. The lowest BCUT2D eigenvalue weighted by Crippen LogP contribution is -2.37. The predicted molar refractivity (Wildman–Crippen MR) is 65.0 cm³/mol. The Balaban J connectivity index is 0. The lowest BCUT2D eigenvalue weighted by atomic mass is 10.4. The van der Waals surface area contributed by atoms with Gasteiger partial charge < -0.3 is 19.8 Å². The number of carboxylic acid groups (broad SMARTS) is 2. The summed E-state index contributed by atoms with van der Waals surface area (Å²) in [6, 6.07) is 0. The van der Waals surface area contributed by atoms with Gasteiger partial charge in [-0.25, -0.2) is 0 Å². The highest BCUT2D eigenvalue weighted by Gasteiger charge is 2.35. The molecule has 2 fully saturated rings. The molecule has 2 saturated heterocycles. The molecular formula is C12H16F10N2O4.